The van der Waals surface area contributed by atoms with Gasteiger partial charge in [-0.3, -0.25) is 5.32 Å². The first kappa shape index (κ1) is 80.9. The Balaban J connectivity index is 0.000000441. The van der Waals surface area contributed by atoms with Crippen LogP contribution in [-0.4, -0.2) is 111 Å². The number of piperidine rings is 2. The lowest BCUT2D eigenvalue weighted by Crippen LogP contribution is -2.48. The number of alkyl carbamates (subject to hydrolysis) is 1. The fraction of sp³-hybridized carbons (Fsp3) is 0.517. The summed E-state index contributed by atoms with van der Waals surface area (Å²) in [6, 6.07) is 17.1. The molecule has 3 aromatic heterocycles. The van der Waals surface area contributed by atoms with Crippen molar-refractivity contribution in [1.29, 1.82) is 0 Å². The first-order valence-corrected chi connectivity index (χ1v) is 30.7. The van der Waals surface area contributed by atoms with E-state index in [9.17, 15) is 19.2 Å². The number of hydrogen-bond donors (Lipinski definition) is 5. The maximum Gasteiger partial charge on any atom is 0.425 e. The predicted octanol–water partition coefficient (Wildman–Crippen LogP) is 15.2. The van der Waals surface area contributed by atoms with Crippen molar-refractivity contribution in [3.8, 4) is 0 Å². The van der Waals surface area contributed by atoms with E-state index >= 15 is 0 Å². The van der Waals surface area contributed by atoms with Crippen LogP contribution in [0.4, 0.5) is 46.8 Å². The third-order valence-electron chi connectivity index (χ3n) is 13.6. The number of hydrogen-bond acceptors (Lipinski definition) is 18. The average molecular weight is 1620 g/mol. The van der Waals surface area contributed by atoms with Crippen LogP contribution in [0.25, 0.3) is 0 Å². The molecule has 4 amide bonds. The highest BCUT2D eigenvalue weighted by Gasteiger charge is 2.49. The number of carbonyl (C=O) groups is 4. The molecule has 7 N–H and O–H groups in total. The second-order valence-electron chi connectivity index (χ2n) is 24.7. The molecule has 2 aliphatic heterocycles. The number of nitrogens with two attached hydrogens (primary N) is 2. The molecule has 5 heterocycles. The molecule has 4 aliphatic rings. The summed E-state index contributed by atoms with van der Waals surface area (Å²) < 4.78 is 31.5. The lowest BCUT2D eigenvalue weighted by Gasteiger charge is -2.43. The van der Waals surface area contributed by atoms with Gasteiger partial charge in [0.25, 0.3) is 0 Å². The number of halogens is 9. The van der Waals surface area contributed by atoms with Gasteiger partial charge in [0.1, 0.15) is 52.3 Å². The third kappa shape index (κ3) is 24.0. The van der Waals surface area contributed by atoms with E-state index in [0.717, 1.165) is 51.0 Å². The van der Waals surface area contributed by atoms with E-state index in [4.69, 9.17) is 57.9 Å². The number of anilines is 4. The molecule has 0 unspecified atom stereocenters. The quantitative estimate of drug-likeness (QED) is 0.0635. The minimum absolute atomic E-state index is 0. The maximum absolute atomic E-state index is 12.8. The normalized spacial score (nSPS) is 16.6. The first-order valence-electron chi connectivity index (χ1n) is 27.5. The van der Waals surface area contributed by atoms with Crippen molar-refractivity contribution in [3.05, 3.63) is 113 Å². The molecule has 2 aliphatic carbocycles. The standard InChI is InChI=1S/C27H36BrN5O4.C14H19BrClN3O4.C13H18N2.C4H3BrClN3.BF.2ClH.HI/c1-25(2,3)36-23(34)31-20-18-10-8-7-9-17(18)15-27(20)11-13-33(14-12-27)19-16-29-21(28)22(30-19)32-24(35)37-26(4,5)6;1-13(2,3)22-11(20)19(12(21)23-14(4,5)6)10-9(15)17-7-8(16)18-10;14-12-11-4-2-1-3-10(11)9-13(12)5-7-15-8-6-13;5-3-4(7)9-2(6)1-8-3;1-2;;;/h7-10,16,20H,11-15H2,1-6H3,(H,31,34)(H,30,32,35);7H,1-6H3;1-4,12,15H,5-9,14H2;1H,(H2,7,9);;3*1H/t20-;;12-;;;;;/m1.1...../s1. The number of fused-ring (bicyclic) bond motifs is 2. The van der Waals surface area contributed by atoms with Crippen LogP contribution in [0.5, 0.6) is 0 Å². The van der Waals surface area contributed by atoms with Crippen LogP contribution in [0.2, 0.25) is 10.3 Å². The number of aromatic nitrogens is 6. The number of imide groups is 1. The number of nitrogens with zero attached hydrogens (tertiary/aromatic N) is 8. The molecule has 490 valence electrons. The number of rotatable bonds is 4. The van der Waals surface area contributed by atoms with Gasteiger partial charge in [0.05, 0.1) is 24.6 Å². The van der Waals surface area contributed by atoms with E-state index in [2.05, 4.69) is 143 Å². The van der Waals surface area contributed by atoms with Crippen LogP contribution >= 0.6 is 120 Å². The number of nitrogens with one attached hydrogen (secondary N) is 3. The van der Waals surface area contributed by atoms with E-state index < -0.39 is 46.8 Å². The molecular weight excluding hydrogens is 1540 g/mol. The Morgan fingerprint density at radius 3 is 1.60 bits per heavy atom. The van der Waals surface area contributed by atoms with Crippen molar-refractivity contribution in [1.82, 2.24) is 40.5 Å². The highest BCUT2D eigenvalue weighted by Crippen LogP contribution is 2.53. The van der Waals surface area contributed by atoms with E-state index in [1.807, 2.05) is 32.9 Å². The molecule has 89 heavy (non-hydrogen) atoms. The fourth-order valence-electron chi connectivity index (χ4n) is 10.0. The minimum atomic E-state index is -0.941. The van der Waals surface area contributed by atoms with Crippen LogP contribution in [-0.2, 0) is 31.8 Å². The summed E-state index contributed by atoms with van der Waals surface area (Å²) in [6.45, 7) is 24.8. The average Bonchev–Trinajstić information content (AvgIpc) is 1.63. The van der Waals surface area contributed by atoms with Crippen LogP contribution in [0.1, 0.15) is 143 Å². The zero-order valence-corrected chi connectivity index (χ0v) is 61.9. The molecule has 0 bridgehead atoms. The number of benzene rings is 2. The molecule has 9 rings (SSSR count). The Labute approximate surface area is 586 Å². The monoisotopic (exact) mass is 1620 g/mol. The van der Waals surface area contributed by atoms with E-state index in [1.165, 1.54) is 48.3 Å². The molecule has 2 saturated heterocycles. The van der Waals surface area contributed by atoms with Gasteiger partial charge in [-0.15, -0.1) is 48.8 Å². The van der Waals surface area contributed by atoms with Crippen LogP contribution in [0.15, 0.2) is 80.9 Å². The molecule has 2 fully saturated rings. The second-order valence-corrected chi connectivity index (χ2v) is 27.8. The predicted molar refractivity (Wildman–Crippen MR) is 373 cm³/mol. The Bertz CT molecular complexity index is 3150. The van der Waals surface area contributed by atoms with E-state index in [0.29, 0.717) is 42.1 Å². The summed E-state index contributed by atoms with van der Waals surface area (Å²) in [5, 5.41) is 9.62. The Morgan fingerprint density at radius 2 is 1.10 bits per heavy atom. The molecule has 0 saturated carbocycles. The summed E-state index contributed by atoms with van der Waals surface area (Å²) >= 11 is 20.8. The van der Waals surface area contributed by atoms with Crippen LogP contribution < -0.4 is 37.2 Å². The molecule has 2 atom stereocenters. The van der Waals surface area contributed by atoms with Crippen molar-refractivity contribution < 1.29 is 42.4 Å². The van der Waals surface area contributed by atoms with Crippen molar-refractivity contribution in [3.63, 3.8) is 0 Å². The SMILES string of the molecule is CC(C)(C)OC(=O)N(C(=O)OC(C)(C)C)c1nc(Cl)cnc1Br.CC(C)(C)OC(=O)Nc1nc(N2CCC3(CC2)Cc2ccccc2[C@H]3NC(=O)OC(C)(C)C)cnc1Br.Cl.Cl.I.N[C@@H]1c2ccccc2CC12CCNCC2.Nc1nc(Cl)cnc1Br.[B]F. The molecule has 2 radical (unpaired) electrons. The maximum atomic E-state index is 12.8. The zero-order valence-electron chi connectivity index (χ0n) is 51.6. The van der Waals surface area contributed by atoms with Gasteiger partial charge < -0.3 is 50.3 Å². The number of amides is 4. The Kier molecular flexibility index (Phi) is 31.5. The van der Waals surface area contributed by atoms with E-state index in [1.54, 1.807) is 68.5 Å². The van der Waals surface area contributed by atoms with Gasteiger partial charge in [-0.25, -0.2) is 49.1 Å². The molecule has 2 aromatic carbocycles. The lowest BCUT2D eigenvalue weighted by molar-refractivity contribution is 0.0413. The third-order valence-corrected chi connectivity index (χ3v) is 15.7. The topological polar surface area (TPSA) is 277 Å². The van der Waals surface area contributed by atoms with Crippen LogP contribution in [0.3, 0.4) is 0 Å². The smallest absolute Gasteiger partial charge is 0.425 e. The van der Waals surface area contributed by atoms with Gasteiger partial charge in [-0.2, -0.15) is 4.90 Å². The largest absolute Gasteiger partial charge is 0.444 e. The van der Waals surface area contributed by atoms with Gasteiger partial charge in [-0.05, 0) is 210 Å². The van der Waals surface area contributed by atoms with Crippen molar-refractivity contribution in [2.45, 2.75) is 156 Å². The van der Waals surface area contributed by atoms with Gasteiger partial charge in [0.2, 0.25) is 0 Å². The second kappa shape index (κ2) is 34.6. The molecule has 2 spiro atoms. The summed E-state index contributed by atoms with van der Waals surface area (Å²) in [5.74, 6) is 1.18. The van der Waals surface area contributed by atoms with Crippen molar-refractivity contribution in [2.75, 3.05) is 47.0 Å². The van der Waals surface area contributed by atoms with Crippen molar-refractivity contribution >= 4 is 176 Å². The fourth-order valence-corrected chi connectivity index (χ4v) is 11.2. The highest BCUT2D eigenvalue weighted by molar-refractivity contribution is 14.0. The Morgan fingerprint density at radius 1 is 0.652 bits per heavy atom. The number of nitrogen functional groups attached to an aromatic ring is 1. The van der Waals surface area contributed by atoms with Gasteiger partial charge in [0.15, 0.2) is 17.5 Å². The van der Waals surface area contributed by atoms with Crippen LogP contribution in [0, 0.1) is 10.8 Å². The summed E-state index contributed by atoms with van der Waals surface area (Å²) in [6.07, 6.45) is 7.77. The summed E-state index contributed by atoms with van der Waals surface area (Å²) in [5.41, 5.74) is 14.5. The Hall–Kier alpha value is -4.20. The summed E-state index contributed by atoms with van der Waals surface area (Å²) in [4.78, 5) is 77.1. The molecular formula is C58H79BBr3Cl4FIN13O8. The molecule has 5 aromatic rings. The van der Waals surface area contributed by atoms with E-state index in [-0.39, 0.29) is 81.9 Å². The first-order chi connectivity index (χ1) is 40.1. The number of carbonyl (C=O) groups excluding carboxylic acids is 4. The van der Waals surface area contributed by atoms with Gasteiger partial charge in [0, 0.05) is 24.5 Å². The molecule has 31 heteroatoms. The van der Waals surface area contributed by atoms with Crippen molar-refractivity contribution in [2.24, 2.45) is 16.6 Å². The minimum Gasteiger partial charge on any atom is -0.444 e. The molecule has 21 nitrogen and oxygen atoms in total. The van der Waals surface area contributed by atoms with Gasteiger partial charge in [-0.1, -0.05) is 71.7 Å². The highest BCUT2D eigenvalue weighted by atomic mass is 127. The van der Waals surface area contributed by atoms with Gasteiger partial charge >= 0.3 is 32.5 Å². The zero-order chi connectivity index (χ0) is 64.2. The number of ether oxygens (including phenoxy) is 4. The lowest BCUT2D eigenvalue weighted by atomic mass is 9.72. The summed E-state index contributed by atoms with van der Waals surface area (Å²) in [7, 11) is 3.00.